The molecule has 3 aromatic rings. The van der Waals surface area contributed by atoms with E-state index in [2.05, 4.69) is 20.9 Å². The smallest absolute Gasteiger partial charge is 0.224 e. The van der Waals surface area contributed by atoms with Gasteiger partial charge in [0.25, 0.3) is 0 Å². The van der Waals surface area contributed by atoms with Crippen molar-refractivity contribution in [2.24, 2.45) is 11.8 Å². The molecule has 5 rings (SSSR count). The van der Waals surface area contributed by atoms with Gasteiger partial charge in [-0.15, -0.1) is 0 Å². The van der Waals surface area contributed by atoms with Crippen LogP contribution in [0.15, 0.2) is 65.1 Å². The highest BCUT2D eigenvalue weighted by Gasteiger charge is 2.76. The lowest BCUT2D eigenvalue weighted by Crippen LogP contribution is -2.52. The van der Waals surface area contributed by atoms with Crippen molar-refractivity contribution in [3.63, 3.8) is 0 Å². The van der Waals surface area contributed by atoms with Crippen molar-refractivity contribution in [2.75, 3.05) is 34.4 Å². The second-order valence-electron chi connectivity index (χ2n) is 9.54. The number of fused-ring (bicyclic) bond motifs is 3. The topological polar surface area (TPSA) is 75.1 Å². The van der Waals surface area contributed by atoms with Gasteiger partial charge < -0.3 is 24.6 Å². The van der Waals surface area contributed by atoms with E-state index in [4.69, 9.17) is 21.1 Å². The fourth-order valence-electron chi connectivity index (χ4n) is 6.28. The van der Waals surface area contributed by atoms with E-state index in [-0.39, 0.29) is 29.5 Å². The molecule has 1 aliphatic carbocycles. The van der Waals surface area contributed by atoms with Crippen LogP contribution < -0.4 is 9.47 Å². The van der Waals surface area contributed by atoms with Crippen molar-refractivity contribution in [2.45, 2.75) is 17.1 Å². The molecule has 184 valence electrons. The summed E-state index contributed by atoms with van der Waals surface area (Å²) in [7, 11) is 5.43. The molecule has 6 nitrogen and oxygen atoms in total. The Balaban J connectivity index is 1.89. The number of rotatable bonds is 6. The SMILES string of the molecule is COc1nc(Cl)cc2c1C1(O)C(CN(C)C)C(CO)C(c3ccccc3)C1(c1ccc(Br)cc1)O2. The molecule has 2 N–H and O–H groups in total. The number of aromatic nitrogens is 1. The summed E-state index contributed by atoms with van der Waals surface area (Å²) < 4.78 is 13.5. The molecule has 8 heteroatoms. The third-order valence-electron chi connectivity index (χ3n) is 7.45. The van der Waals surface area contributed by atoms with E-state index in [1.54, 1.807) is 6.07 Å². The number of hydrogen-bond acceptors (Lipinski definition) is 6. The van der Waals surface area contributed by atoms with Crippen molar-refractivity contribution in [1.82, 2.24) is 9.88 Å². The number of aliphatic hydroxyl groups excluding tert-OH is 1. The van der Waals surface area contributed by atoms with Crippen LogP contribution in [0.25, 0.3) is 0 Å². The Kier molecular flexibility index (Phi) is 6.34. The molecule has 1 fully saturated rings. The minimum atomic E-state index is -1.57. The third-order valence-corrected chi connectivity index (χ3v) is 8.18. The average molecular weight is 560 g/mol. The minimum absolute atomic E-state index is 0.124. The van der Waals surface area contributed by atoms with Crippen LogP contribution in [0.2, 0.25) is 5.15 Å². The van der Waals surface area contributed by atoms with E-state index < -0.39 is 17.1 Å². The van der Waals surface area contributed by atoms with Gasteiger partial charge in [0, 0.05) is 41.4 Å². The average Bonchev–Trinajstić information content (AvgIpc) is 3.21. The van der Waals surface area contributed by atoms with Gasteiger partial charge in [0.2, 0.25) is 5.88 Å². The molecule has 1 aromatic heterocycles. The summed E-state index contributed by atoms with van der Waals surface area (Å²) in [6.45, 7) is 0.388. The monoisotopic (exact) mass is 558 g/mol. The standard InChI is InChI=1S/C27H28BrClN2O4/c1-31(2)14-20-19(15-32)23(16-7-5-4-6-8-16)27(17-9-11-18(28)12-10-17)26(20,33)24-21(35-27)13-22(29)30-25(24)34-3/h4-13,19-20,23,32-33H,14-15H2,1-3H3. The fraction of sp³-hybridized carbons (Fsp3) is 0.370. The molecule has 1 saturated carbocycles. The van der Waals surface area contributed by atoms with Gasteiger partial charge in [-0.05, 0) is 37.4 Å². The first-order chi connectivity index (χ1) is 16.8. The molecule has 35 heavy (non-hydrogen) atoms. The number of aliphatic hydroxyl groups is 2. The normalized spacial score (nSPS) is 29.1. The molecular weight excluding hydrogens is 532 g/mol. The van der Waals surface area contributed by atoms with Gasteiger partial charge >= 0.3 is 0 Å². The number of ether oxygens (including phenoxy) is 2. The second kappa shape index (κ2) is 9.05. The minimum Gasteiger partial charge on any atom is -0.481 e. The number of pyridine rings is 1. The molecule has 2 heterocycles. The van der Waals surface area contributed by atoms with Crippen molar-refractivity contribution < 1.29 is 19.7 Å². The van der Waals surface area contributed by atoms with Crippen LogP contribution in [-0.2, 0) is 11.2 Å². The predicted molar refractivity (Wildman–Crippen MR) is 138 cm³/mol. The summed E-state index contributed by atoms with van der Waals surface area (Å²) in [5.74, 6) is -0.436. The van der Waals surface area contributed by atoms with Gasteiger partial charge in [-0.2, -0.15) is 0 Å². The van der Waals surface area contributed by atoms with Gasteiger partial charge in [0.05, 0.1) is 12.7 Å². The number of halogens is 2. The first-order valence-corrected chi connectivity index (χ1v) is 12.7. The number of methoxy groups -OCH3 is 1. The molecular formula is C27H28BrClN2O4. The summed E-state index contributed by atoms with van der Waals surface area (Å²) in [6.07, 6.45) is 0. The Morgan fingerprint density at radius 2 is 1.83 bits per heavy atom. The number of benzene rings is 2. The molecule has 5 atom stereocenters. The Labute approximate surface area is 218 Å². The Morgan fingerprint density at radius 3 is 2.43 bits per heavy atom. The zero-order chi connectivity index (χ0) is 25.0. The number of hydrogen-bond donors (Lipinski definition) is 2. The van der Waals surface area contributed by atoms with Crippen LogP contribution >= 0.6 is 27.5 Å². The van der Waals surface area contributed by atoms with Crippen LogP contribution in [0, 0.1) is 11.8 Å². The molecule has 0 radical (unpaired) electrons. The molecule has 2 aromatic carbocycles. The summed E-state index contributed by atoms with van der Waals surface area (Å²) in [5, 5.41) is 24.1. The summed E-state index contributed by atoms with van der Waals surface area (Å²) in [5.41, 5.74) is -0.593. The maximum atomic E-state index is 13.1. The molecule has 5 unspecified atom stereocenters. The van der Waals surface area contributed by atoms with Crippen LogP contribution in [0.4, 0.5) is 0 Å². The Hall–Kier alpha value is -2.16. The Morgan fingerprint density at radius 1 is 1.14 bits per heavy atom. The van der Waals surface area contributed by atoms with Crippen molar-refractivity contribution >= 4 is 27.5 Å². The molecule has 0 saturated heterocycles. The molecule has 1 aliphatic heterocycles. The fourth-order valence-corrected chi connectivity index (χ4v) is 6.72. The van der Waals surface area contributed by atoms with Crippen molar-refractivity contribution in [1.29, 1.82) is 0 Å². The van der Waals surface area contributed by atoms with Gasteiger partial charge in [0.15, 0.2) is 5.60 Å². The maximum Gasteiger partial charge on any atom is 0.224 e. The molecule has 0 amide bonds. The van der Waals surface area contributed by atoms with Gasteiger partial charge in [0.1, 0.15) is 16.5 Å². The van der Waals surface area contributed by atoms with Crippen LogP contribution in [0.1, 0.15) is 22.6 Å². The lowest BCUT2D eigenvalue weighted by atomic mass is 9.70. The number of nitrogens with zero attached hydrogens (tertiary/aromatic N) is 2. The molecule has 0 spiro atoms. The summed E-state index contributed by atoms with van der Waals surface area (Å²) in [4.78, 5) is 6.42. The maximum absolute atomic E-state index is 13.1. The van der Waals surface area contributed by atoms with Gasteiger partial charge in [-0.3, -0.25) is 0 Å². The van der Waals surface area contributed by atoms with E-state index in [1.165, 1.54) is 7.11 Å². The lowest BCUT2D eigenvalue weighted by molar-refractivity contribution is -0.131. The van der Waals surface area contributed by atoms with Gasteiger partial charge in [-0.1, -0.05) is 70.0 Å². The quantitative estimate of drug-likeness (QED) is 0.431. The van der Waals surface area contributed by atoms with Crippen LogP contribution in [0.3, 0.4) is 0 Å². The highest BCUT2D eigenvalue weighted by Crippen LogP contribution is 2.71. The van der Waals surface area contributed by atoms with E-state index in [0.29, 0.717) is 17.9 Å². The lowest BCUT2D eigenvalue weighted by Gasteiger charge is -2.42. The van der Waals surface area contributed by atoms with E-state index in [0.717, 1.165) is 15.6 Å². The molecule has 2 aliphatic rings. The summed E-state index contributed by atoms with van der Waals surface area (Å²) >= 11 is 9.88. The highest BCUT2D eigenvalue weighted by molar-refractivity contribution is 9.10. The summed E-state index contributed by atoms with van der Waals surface area (Å²) in [6, 6.07) is 19.4. The Bertz CT molecular complexity index is 1230. The van der Waals surface area contributed by atoms with Gasteiger partial charge in [-0.25, -0.2) is 4.98 Å². The van der Waals surface area contributed by atoms with Crippen molar-refractivity contribution in [3.8, 4) is 11.6 Å². The van der Waals surface area contributed by atoms with E-state index in [1.807, 2.05) is 73.6 Å². The first kappa shape index (κ1) is 24.5. The van der Waals surface area contributed by atoms with E-state index >= 15 is 0 Å². The largest absolute Gasteiger partial charge is 0.481 e. The third kappa shape index (κ3) is 3.51. The first-order valence-electron chi connectivity index (χ1n) is 11.5. The van der Waals surface area contributed by atoms with Crippen LogP contribution in [-0.4, -0.2) is 54.5 Å². The van der Waals surface area contributed by atoms with Crippen molar-refractivity contribution in [3.05, 3.63) is 87.0 Å². The van der Waals surface area contributed by atoms with E-state index in [9.17, 15) is 10.2 Å². The highest BCUT2D eigenvalue weighted by atomic mass is 79.9. The van der Waals surface area contributed by atoms with Crippen LogP contribution in [0.5, 0.6) is 11.6 Å². The zero-order valence-corrected chi connectivity index (χ0v) is 22.1. The predicted octanol–water partition coefficient (Wildman–Crippen LogP) is 4.57. The molecule has 0 bridgehead atoms. The second-order valence-corrected chi connectivity index (χ2v) is 10.8. The zero-order valence-electron chi connectivity index (χ0n) is 19.8.